The van der Waals surface area contributed by atoms with Crippen molar-refractivity contribution in [3.05, 3.63) is 42.5 Å². The first-order valence-electron chi connectivity index (χ1n) is 6.94. The Morgan fingerprint density at radius 1 is 1.14 bits per heavy atom. The lowest BCUT2D eigenvalue weighted by molar-refractivity contribution is -0.156. The highest BCUT2D eigenvalue weighted by Gasteiger charge is 2.35. The van der Waals surface area contributed by atoms with Crippen molar-refractivity contribution >= 4 is 22.6 Å². The van der Waals surface area contributed by atoms with Gasteiger partial charge in [0.1, 0.15) is 11.3 Å². The highest BCUT2D eigenvalue weighted by Crippen LogP contribution is 2.21. The number of carboxylic acids is 1. The molecular formula is C17H19NO4. The third-order valence-corrected chi connectivity index (χ3v) is 3.82. The topological polar surface area (TPSA) is 66.8 Å². The highest BCUT2D eigenvalue weighted by atomic mass is 16.5. The van der Waals surface area contributed by atoms with E-state index in [9.17, 15) is 9.59 Å². The van der Waals surface area contributed by atoms with Crippen LogP contribution in [0, 0.1) is 0 Å². The van der Waals surface area contributed by atoms with Crippen molar-refractivity contribution in [3.63, 3.8) is 0 Å². The van der Waals surface area contributed by atoms with Gasteiger partial charge >= 0.3 is 5.97 Å². The third kappa shape index (κ3) is 3.19. The standard InChI is InChI=1S/C17H19NO4/c1-17(2,16(20)21)18(3)15(19)11-22-14-9-8-12-6-4-5-7-13(12)10-14/h4-10H,11H2,1-3H3,(H,20,21). The summed E-state index contributed by atoms with van der Waals surface area (Å²) in [4.78, 5) is 24.4. The monoisotopic (exact) mass is 301 g/mol. The van der Waals surface area contributed by atoms with E-state index in [2.05, 4.69) is 0 Å². The van der Waals surface area contributed by atoms with E-state index in [1.165, 1.54) is 25.8 Å². The van der Waals surface area contributed by atoms with Crippen molar-refractivity contribution in [2.24, 2.45) is 0 Å². The molecule has 0 aliphatic carbocycles. The molecule has 5 heteroatoms. The second-order valence-electron chi connectivity index (χ2n) is 5.61. The maximum absolute atomic E-state index is 12.1. The lowest BCUT2D eigenvalue weighted by Crippen LogP contribution is -2.52. The van der Waals surface area contributed by atoms with Gasteiger partial charge in [-0.15, -0.1) is 0 Å². The molecule has 0 atom stereocenters. The van der Waals surface area contributed by atoms with Crippen LogP contribution in [0.3, 0.4) is 0 Å². The van der Waals surface area contributed by atoms with Crippen LogP contribution in [0.4, 0.5) is 0 Å². The van der Waals surface area contributed by atoms with Gasteiger partial charge in [0.2, 0.25) is 0 Å². The van der Waals surface area contributed by atoms with Crippen LogP contribution in [0.2, 0.25) is 0 Å². The number of carbonyl (C=O) groups excluding carboxylic acids is 1. The van der Waals surface area contributed by atoms with Crippen molar-refractivity contribution in [3.8, 4) is 5.75 Å². The summed E-state index contributed by atoms with van der Waals surface area (Å²) in [5.74, 6) is -0.872. The van der Waals surface area contributed by atoms with E-state index in [-0.39, 0.29) is 12.5 Å². The number of benzene rings is 2. The summed E-state index contributed by atoms with van der Waals surface area (Å²) < 4.78 is 5.49. The molecular weight excluding hydrogens is 282 g/mol. The van der Waals surface area contributed by atoms with Crippen molar-refractivity contribution in [1.82, 2.24) is 4.90 Å². The number of amides is 1. The van der Waals surface area contributed by atoms with Gasteiger partial charge in [0.15, 0.2) is 6.61 Å². The minimum atomic E-state index is -1.27. The van der Waals surface area contributed by atoms with Crippen LogP contribution in [-0.2, 0) is 9.59 Å². The molecule has 1 N–H and O–H groups in total. The van der Waals surface area contributed by atoms with Gasteiger partial charge in [0, 0.05) is 7.05 Å². The third-order valence-electron chi connectivity index (χ3n) is 3.82. The van der Waals surface area contributed by atoms with Crippen molar-refractivity contribution in [2.45, 2.75) is 19.4 Å². The summed E-state index contributed by atoms with van der Waals surface area (Å²) in [5, 5.41) is 11.2. The van der Waals surface area contributed by atoms with E-state index in [0.29, 0.717) is 5.75 Å². The molecule has 0 saturated carbocycles. The molecule has 2 aromatic rings. The summed E-state index contributed by atoms with van der Waals surface area (Å²) in [6.07, 6.45) is 0. The Bertz CT molecular complexity index is 709. The van der Waals surface area contributed by atoms with Crippen molar-refractivity contribution in [1.29, 1.82) is 0 Å². The Morgan fingerprint density at radius 3 is 2.41 bits per heavy atom. The fourth-order valence-corrected chi connectivity index (χ4v) is 1.95. The molecule has 0 spiro atoms. The lowest BCUT2D eigenvalue weighted by Gasteiger charge is -2.31. The Labute approximate surface area is 129 Å². The number of carbonyl (C=O) groups is 2. The number of carboxylic acid groups (broad SMARTS) is 1. The summed E-state index contributed by atoms with van der Waals surface area (Å²) in [6, 6.07) is 13.4. The van der Waals surface area contributed by atoms with E-state index in [0.717, 1.165) is 10.8 Å². The maximum Gasteiger partial charge on any atom is 0.329 e. The smallest absolute Gasteiger partial charge is 0.329 e. The van der Waals surface area contributed by atoms with E-state index in [4.69, 9.17) is 9.84 Å². The van der Waals surface area contributed by atoms with Crippen molar-refractivity contribution in [2.75, 3.05) is 13.7 Å². The molecule has 0 aliphatic heterocycles. The number of rotatable bonds is 5. The fourth-order valence-electron chi connectivity index (χ4n) is 1.95. The van der Waals surface area contributed by atoms with Crippen LogP contribution in [-0.4, -0.2) is 41.1 Å². The fraction of sp³-hybridized carbons (Fsp3) is 0.294. The Morgan fingerprint density at radius 2 is 1.77 bits per heavy atom. The minimum Gasteiger partial charge on any atom is -0.484 e. The second-order valence-corrected chi connectivity index (χ2v) is 5.61. The number of fused-ring (bicyclic) bond motifs is 1. The molecule has 0 fully saturated rings. The van der Waals surface area contributed by atoms with Crippen LogP contribution < -0.4 is 4.74 Å². The molecule has 0 radical (unpaired) electrons. The van der Waals surface area contributed by atoms with Gasteiger partial charge < -0.3 is 14.7 Å². The normalized spacial score (nSPS) is 11.2. The van der Waals surface area contributed by atoms with Crippen LogP contribution >= 0.6 is 0 Å². The summed E-state index contributed by atoms with van der Waals surface area (Å²) in [5.41, 5.74) is -1.27. The first kappa shape index (κ1) is 15.8. The first-order valence-corrected chi connectivity index (χ1v) is 6.94. The SMILES string of the molecule is CN(C(=O)COc1ccc2ccccc2c1)C(C)(C)C(=O)O. The maximum atomic E-state index is 12.1. The van der Waals surface area contributed by atoms with Gasteiger partial charge in [-0.1, -0.05) is 30.3 Å². The van der Waals surface area contributed by atoms with Crippen LogP contribution in [0.25, 0.3) is 10.8 Å². The van der Waals surface area contributed by atoms with E-state index in [1.54, 1.807) is 6.07 Å². The van der Waals surface area contributed by atoms with Gasteiger partial charge in [-0.2, -0.15) is 0 Å². The largest absolute Gasteiger partial charge is 0.484 e. The number of hydrogen-bond donors (Lipinski definition) is 1. The van der Waals surface area contributed by atoms with Gasteiger partial charge in [-0.25, -0.2) is 4.79 Å². The lowest BCUT2D eigenvalue weighted by atomic mass is 10.0. The van der Waals surface area contributed by atoms with Crippen LogP contribution in [0.15, 0.2) is 42.5 Å². The predicted octanol–water partition coefficient (Wildman–Crippen LogP) is 2.54. The van der Waals surface area contributed by atoms with E-state index in [1.807, 2.05) is 36.4 Å². The molecule has 1 amide bonds. The molecule has 0 saturated heterocycles. The first-order chi connectivity index (χ1) is 10.3. The molecule has 116 valence electrons. The van der Waals surface area contributed by atoms with Gasteiger partial charge in [0.05, 0.1) is 0 Å². The molecule has 0 aromatic heterocycles. The van der Waals surface area contributed by atoms with Gasteiger partial charge in [0.25, 0.3) is 5.91 Å². The quantitative estimate of drug-likeness (QED) is 0.921. The molecule has 22 heavy (non-hydrogen) atoms. The zero-order valence-electron chi connectivity index (χ0n) is 12.9. The Balaban J connectivity index is 2.05. The van der Waals surface area contributed by atoms with E-state index < -0.39 is 11.5 Å². The zero-order valence-corrected chi connectivity index (χ0v) is 12.9. The molecule has 0 unspecified atom stereocenters. The molecule has 0 heterocycles. The Hall–Kier alpha value is -2.56. The molecule has 0 aliphatic rings. The zero-order chi connectivity index (χ0) is 16.3. The number of nitrogens with zero attached hydrogens (tertiary/aromatic N) is 1. The molecule has 2 rings (SSSR count). The second kappa shape index (κ2) is 6.05. The van der Waals surface area contributed by atoms with Crippen LogP contribution in [0.1, 0.15) is 13.8 Å². The average molecular weight is 301 g/mol. The summed E-state index contributed by atoms with van der Waals surface area (Å²) in [7, 11) is 1.46. The van der Waals surface area contributed by atoms with Crippen molar-refractivity contribution < 1.29 is 19.4 Å². The Kier molecular flexibility index (Phi) is 4.35. The highest BCUT2D eigenvalue weighted by molar-refractivity contribution is 5.87. The molecule has 5 nitrogen and oxygen atoms in total. The summed E-state index contributed by atoms with van der Waals surface area (Å²) in [6.45, 7) is 2.75. The number of aliphatic carboxylic acids is 1. The minimum absolute atomic E-state index is 0.203. The number of ether oxygens (including phenoxy) is 1. The predicted molar refractivity (Wildman–Crippen MR) is 83.9 cm³/mol. The molecule has 0 bridgehead atoms. The average Bonchev–Trinajstić information content (AvgIpc) is 2.51. The van der Waals surface area contributed by atoms with Crippen LogP contribution in [0.5, 0.6) is 5.75 Å². The molecule has 2 aromatic carbocycles. The summed E-state index contributed by atoms with van der Waals surface area (Å²) >= 11 is 0. The van der Waals surface area contributed by atoms with Gasteiger partial charge in [-0.05, 0) is 36.8 Å². The van der Waals surface area contributed by atoms with E-state index >= 15 is 0 Å². The number of likely N-dealkylation sites (N-methyl/N-ethyl adjacent to an activating group) is 1. The van der Waals surface area contributed by atoms with Gasteiger partial charge in [-0.3, -0.25) is 4.79 Å². The number of hydrogen-bond acceptors (Lipinski definition) is 3.